The number of hydrogen-bond acceptors (Lipinski definition) is 5. The summed E-state index contributed by atoms with van der Waals surface area (Å²) < 4.78 is 46.9. The van der Waals surface area contributed by atoms with Crippen molar-refractivity contribution in [3.8, 4) is 28.4 Å². The van der Waals surface area contributed by atoms with E-state index in [-0.39, 0.29) is 24.3 Å². The Morgan fingerprint density at radius 3 is 2.16 bits per heavy atom. The molecule has 5 nitrogen and oxygen atoms in total. The maximum Gasteiger partial charge on any atom is 0.573 e. The minimum Gasteiger partial charge on any atom is -0.504 e. The van der Waals surface area contributed by atoms with Crippen molar-refractivity contribution in [1.29, 1.82) is 0 Å². The summed E-state index contributed by atoms with van der Waals surface area (Å²) >= 11 is 0. The fraction of sp³-hybridized carbons (Fsp3) is 0.174. The zero-order chi connectivity index (χ0) is 22.6. The van der Waals surface area contributed by atoms with Crippen molar-refractivity contribution in [3.63, 3.8) is 0 Å². The van der Waals surface area contributed by atoms with Crippen molar-refractivity contribution in [3.05, 3.63) is 76.9 Å². The SMILES string of the molecule is Cc1c(O)c(O)c(C=O)c(COCc2ccccc2)c1-c1ccc(OC(F)(F)F)cc1. The van der Waals surface area contributed by atoms with Crippen LogP contribution in [0.5, 0.6) is 17.2 Å². The molecule has 0 saturated carbocycles. The number of benzene rings is 3. The minimum atomic E-state index is -4.82. The fourth-order valence-corrected chi connectivity index (χ4v) is 3.26. The quantitative estimate of drug-likeness (QED) is 0.381. The first-order chi connectivity index (χ1) is 14.7. The van der Waals surface area contributed by atoms with E-state index < -0.39 is 23.6 Å². The van der Waals surface area contributed by atoms with Crippen molar-refractivity contribution in [2.75, 3.05) is 0 Å². The van der Waals surface area contributed by atoms with Gasteiger partial charge in [-0.05, 0) is 35.7 Å². The van der Waals surface area contributed by atoms with Crippen LogP contribution in [0.25, 0.3) is 11.1 Å². The van der Waals surface area contributed by atoms with Crippen LogP contribution in [0.4, 0.5) is 13.2 Å². The maximum absolute atomic E-state index is 12.4. The summed E-state index contributed by atoms with van der Waals surface area (Å²) in [6.07, 6.45) is -4.42. The van der Waals surface area contributed by atoms with Gasteiger partial charge in [0, 0.05) is 11.1 Å². The Balaban J connectivity index is 1.99. The van der Waals surface area contributed by atoms with E-state index >= 15 is 0 Å². The Bertz CT molecular complexity index is 1060. The first-order valence-electron chi connectivity index (χ1n) is 9.21. The summed E-state index contributed by atoms with van der Waals surface area (Å²) in [7, 11) is 0. The Hall–Kier alpha value is -3.52. The third-order valence-corrected chi connectivity index (χ3v) is 4.69. The van der Waals surface area contributed by atoms with Crippen LogP contribution in [0.1, 0.15) is 27.0 Å². The van der Waals surface area contributed by atoms with Gasteiger partial charge in [0.05, 0.1) is 18.8 Å². The number of rotatable bonds is 7. The second kappa shape index (κ2) is 9.09. The lowest BCUT2D eigenvalue weighted by atomic mass is 9.90. The lowest BCUT2D eigenvalue weighted by molar-refractivity contribution is -0.274. The average Bonchev–Trinajstić information content (AvgIpc) is 2.73. The van der Waals surface area contributed by atoms with E-state index in [1.165, 1.54) is 19.1 Å². The highest BCUT2D eigenvalue weighted by Gasteiger charge is 2.31. The molecular formula is C23H19F3O5. The first kappa shape index (κ1) is 22.2. The minimum absolute atomic E-state index is 0.0756. The van der Waals surface area contributed by atoms with E-state index in [1.54, 1.807) is 0 Å². The molecule has 0 radical (unpaired) electrons. The fourth-order valence-electron chi connectivity index (χ4n) is 3.26. The molecule has 0 aliphatic carbocycles. The summed E-state index contributed by atoms with van der Waals surface area (Å²) in [5.41, 5.74) is 2.11. The van der Waals surface area contributed by atoms with Crippen LogP contribution in [-0.2, 0) is 18.0 Å². The van der Waals surface area contributed by atoms with Crippen LogP contribution in [0.15, 0.2) is 54.6 Å². The third kappa shape index (κ3) is 5.16. The number of aldehydes is 1. The zero-order valence-electron chi connectivity index (χ0n) is 16.4. The molecule has 0 saturated heterocycles. The van der Waals surface area contributed by atoms with Crippen molar-refractivity contribution >= 4 is 6.29 Å². The Kier molecular flexibility index (Phi) is 6.50. The van der Waals surface area contributed by atoms with E-state index in [0.29, 0.717) is 23.0 Å². The van der Waals surface area contributed by atoms with Crippen molar-refractivity contribution in [2.45, 2.75) is 26.5 Å². The van der Waals surface area contributed by atoms with Crippen molar-refractivity contribution < 1.29 is 37.7 Å². The number of carbonyl (C=O) groups is 1. The van der Waals surface area contributed by atoms with E-state index in [4.69, 9.17) is 4.74 Å². The van der Waals surface area contributed by atoms with Gasteiger partial charge in [-0.25, -0.2) is 0 Å². The first-order valence-corrected chi connectivity index (χ1v) is 9.21. The molecule has 0 spiro atoms. The maximum atomic E-state index is 12.4. The Labute approximate surface area is 176 Å². The van der Waals surface area contributed by atoms with E-state index in [0.717, 1.165) is 17.7 Å². The van der Waals surface area contributed by atoms with Gasteiger partial charge < -0.3 is 19.7 Å². The largest absolute Gasteiger partial charge is 0.573 e. The van der Waals surface area contributed by atoms with Crippen LogP contribution < -0.4 is 4.74 Å². The van der Waals surface area contributed by atoms with Gasteiger partial charge in [0.1, 0.15) is 5.75 Å². The summed E-state index contributed by atoms with van der Waals surface area (Å²) in [5.74, 6) is -1.47. The molecule has 8 heteroatoms. The lowest BCUT2D eigenvalue weighted by Gasteiger charge is -2.19. The van der Waals surface area contributed by atoms with Gasteiger partial charge in [-0.3, -0.25) is 4.79 Å². The molecule has 0 aliphatic rings. The summed E-state index contributed by atoms with van der Waals surface area (Å²) in [4.78, 5) is 11.7. The molecule has 3 aromatic rings. The third-order valence-electron chi connectivity index (χ3n) is 4.69. The van der Waals surface area contributed by atoms with Gasteiger partial charge in [-0.2, -0.15) is 0 Å². The molecule has 162 valence electrons. The van der Waals surface area contributed by atoms with Crippen molar-refractivity contribution in [1.82, 2.24) is 0 Å². The number of phenols is 2. The highest BCUT2D eigenvalue weighted by molar-refractivity contribution is 5.90. The van der Waals surface area contributed by atoms with Gasteiger partial charge in [-0.15, -0.1) is 13.2 Å². The van der Waals surface area contributed by atoms with Crippen LogP contribution in [0.3, 0.4) is 0 Å². The number of halogens is 3. The predicted molar refractivity (Wildman–Crippen MR) is 107 cm³/mol. The number of carbonyl (C=O) groups excluding carboxylic acids is 1. The smallest absolute Gasteiger partial charge is 0.504 e. The molecule has 0 amide bonds. The van der Waals surface area contributed by atoms with Crippen LogP contribution >= 0.6 is 0 Å². The standard InChI is InChI=1S/C23H19F3O5/c1-14-20(16-7-9-17(10-8-16)31-23(24,25)26)19(18(11-27)22(29)21(14)28)13-30-12-15-5-3-2-4-6-15/h2-11,28-29H,12-13H2,1H3. The van der Waals surface area contributed by atoms with Crippen LogP contribution in [0.2, 0.25) is 0 Å². The van der Waals surface area contributed by atoms with Gasteiger partial charge in [0.15, 0.2) is 17.8 Å². The number of phenolic OH excluding ortho intramolecular Hbond substituents is 2. The van der Waals surface area contributed by atoms with Gasteiger partial charge in [0.2, 0.25) is 0 Å². The summed E-state index contributed by atoms with van der Waals surface area (Å²) in [6.45, 7) is 1.69. The zero-order valence-corrected chi connectivity index (χ0v) is 16.4. The summed E-state index contributed by atoms with van der Waals surface area (Å²) in [5, 5.41) is 20.5. The van der Waals surface area contributed by atoms with Crippen LogP contribution in [0, 0.1) is 6.92 Å². The predicted octanol–water partition coefficient (Wildman–Crippen LogP) is 5.50. The topological polar surface area (TPSA) is 76.0 Å². The highest BCUT2D eigenvalue weighted by Crippen LogP contribution is 2.43. The molecule has 0 bridgehead atoms. The molecule has 3 rings (SSSR count). The summed E-state index contributed by atoms with van der Waals surface area (Å²) in [6, 6.07) is 14.3. The molecule has 2 N–H and O–H groups in total. The molecule has 0 aliphatic heterocycles. The average molecular weight is 432 g/mol. The normalized spacial score (nSPS) is 11.4. The molecule has 0 atom stereocenters. The monoisotopic (exact) mass is 432 g/mol. The molecule has 0 heterocycles. The number of alkyl halides is 3. The number of hydrogen-bond donors (Lipinski definition) is 2. The van der Waals surface area contributed by atoms with E-state index in [9.17, 15) is 28.2 Å². The number of ether oxygens (including phenoxy) is 2. The lowest BCUT2D eigenvalue weighted by Crippen LogP contribution is -2.16. The van der Waals surface area contributed by atoms with E-state index in [2.05, 4.69) is 4.74 Å². The van der Waals surface area contributed by atoms with E-state index in [1.807, 2.05) is 30.3 Å². The second-order valence-corrected chi connectivity index (χ2v) is 6.76. The van der Waals surface area contributed by atoms with Gasteiger partial charge in [0.25, 0.3) is 0 Å². The van der Waals surface area contributed by atoms with Crippen molar-refractivity contribution in [2.24, 2.45) is 0 Å². The molecule has 0 fully saturated rings. The second-order valence-electron chi connectivity index (χ2n) is 6.76. The molecule has 0 unspecified atom stereocenters. The highest BCUT2D eigenvalue weighted by atomic mass is 19.4. The Morgan fingerprint density at radius 1 is 0.935 bits per heavy atom. The Morgan fingerprint density at radius 2 is 1.58 bits per heavy atom. The molecule has 3 aromatic carbocycles. The molecular weight excluding hydrogens is 413 g/mol. The van der Waals surface area contributed by atoms with Gasteiger partial charge >= 0.3 is 6.36 Å². The molecule has 31 heavy (non-hydrogen) atoms. The van der Waals surface area contributed by atoms with Crippen LogP contribution in [-0.4, -0.2) is 22.9 Å². The number of aromatic hydroxyl groups is 2. The molecule has 0 aromatic heterocycles. The van der Waals surface area contributed by atoms with Gasteiger partial charge in [-0.1, -0.05) is 42.5 Å².